The molecule has 0 aromatic heterocycles. The highest BCUT2D eigenvalue weighted by Crippen LogP contribution is 2.07. The zero-order valence-electron chi connectivity index (χ0n) is 12.6. The molecular weight excluding hydrogens is 288 g/mol. The summed E-state index contributed by atoms with van der Waals surface area (Å²) in [5.74, 6) is -0.596. The number of nitrogens with one attached hydrogen (secondary N) is 2. The number of ether oxygens (including phenoxy) is 2. The Kier molecular flexibility index (Phi) is 7.45. The topological polar surface area (TPSA) is 93.7 Å². The molecule has 1 aromatic rings. The lowest BCUT2D eigenvalue weighted by Crippen LogP contribution is -2.42. The van der Waals surface area contributed by atoms with E-state index in [1.165, 1.54) is 0 Å². The monoisotopic (exact) mass is 308 g/mol. The van der Waals surface area contributed by atoms with Gasteiger partial charge in [0.25, 0.3) is 5.91 Å². The Morgan fingerprint density at radius 1 is 1.09 bits per heavy atom. The van der Waals surface area contributed by atoms with Gasteiger partial charge in [-0.3, -0.25) is 10.1 Å². The second kappa shape index (κ2) is 9.38. The minimum Gasteiger partial charge on any atom is -0.482 e. The van der Waals surface area contributed by atoms with Gasteiger partial charge in [-0.05, 0) is 18.1 Å². The SMILES string of the molecule is CC(C)CNC(=O)NC(=O)COC(=O)COc1ccccc1. The van der Waals surface area contributed by atoms with Gasteiger partial charge in [0.2, 0.25) is 0 Å². The molecule has 22 heavy (non-hydrogen) atoms. The molecule has 0 fully saturated rings. The van der Waals surface area contributed by atoms with E-state index in [1.807, 2.05) is 19.9 Å². The molecule has 0 aliphatic rings. The number of urea groups is 1. The number of imide groups is 1. The van der Waals surface area contributed by atoms with Crippen molar-refractivity contribution in [2.45, 2.75) is 13.8 Å². The molecule has 120 valence electrons. The standard InChI is InChI=1S/C15H20N2O5/c1-11(2)8-16-15(20)17-13(18)9-22-14(19)10-21-12-6-4-3-5-7-12/h3-7,11H,8-10H2,1-2H3,(H2,16,17,18,20). The van der Waals surface area contributed by atoms with Crippen LogP contribution in [0.15, 0.2) is 30.3 Å². The normalized spacial score (nSPS) is 9.95. The lowest BCUT2D eigenvalue weighted by Gasteiger charge is -2.09. The van der Waals surface area contributed by atoms with Crippen molar-refractivity contribution >= 4 is 17.9 Å². The number of carbonyl (C=O) groups is 3. The quantitative estimate of drug-likeness (QED) is 0.735. The maximum absolute atomic E-state index is 11.4. The predicted octanol–water partition coefficient (Wildman–Crippen LogP) is 1.09. The Bertz CT molecular complexity index is 502. The third kappa shape index (κ3) is 7.88. The summed E-state index contributed by atoms with van der Waals surface area (Å²) >= 11 is 0. The molecule has 0 radical (unpaired) electrons. The van der Waals surface area contributed by atoms with Crippen LogP contribution in [0.1, 0.15) is 13.8 Å². The van der Waals surface area contributed by atoms with E-state index < -0.39 is 24.5 Å². The first-order chi connectivity index (χ1) is 10.5. The van der Waals surface area contributed by atoms with Crippen LogP contribution >= 0.6 is 0 Å². The van der Waals surface area contributed by atoms with Crippen molar-refractivity contribution in [1.29, 1.82) is 0 Å². The summed E-state index contributed by atoms with van der Waals surface area (Å²) in [5.41, 5.74) is 0. The molecule has 0 aliphatic carbocycles. The molecule has 0 atom stereocenters. The highest BCUT2D eigenvalue weighted by atomic mass is 16.6. The summed E-state index contributed by atoms with van der Waals surface area (Å²) in [6.07, 6.45) is 0. The van der Waals surface area contributed by atoms with Gasteiger partial charge in [0.05, 0.1) is 0 Å². The Hall–Kier alpha value is -2.57. The fraction of sp³-hybridized carbons (Fsp3) is 0.400. The van der Waals surface area contributed by atoms with Crippen LogP contribution in [0.25, 0.3) is 0 Å². The highest BCUT2D eigenvalue weighted by molar-refractivity contribution is 5.95. The third-order valence-electron chi connectivity index (χ3n) is 2.39. The summed E-state index contributed by atoms with van der Waals surface area (Å²) in [5, 5.41) is 4.57. The van der Waals surface area contributed by atoms with Gasteiger partial charge in [-0.1, -0.05) is 32.0 Å². The van der Waals surface area contributed by atoms with Crippen LogP contribution in [0.2, 0.25) is 0 Å². The van der Waals surface area contributed by atoms with E-state index in [4.69, 9.17) is 9.47 Å². The predicted molar refractivity (Wildman–Crippen MR) is 79.3 cm³/mol. The largest absolute Gasteiger partial charge is 0.482 e. The molecule has 7 nitrogen and oxygen atoms in total. The minimum absolute atomic E-state index is 0.272. The molecule has 1 aromatic carbocycles. The first-order valence-corrected chi connectivity index (χ1v) is 6.88. The number of esters is 1. The molecule has 0 bridgehead atoms. The van der Waals surface area contributed by atoms with E-state index in [-0.39, 0.29) is 12.5 Å². The average molecular weight is 308 g/mol. The molecule has 2 N–H and O–H groups in total. The first-order valence-electron chi connectivity index (χ1n) is 6.88. The van der Waals surface area contributed by atoms with Gasteiger partial charge < -0.3 is 14.8 Å². The van der Waals surface area contributed by atoms with Crippen molar-refractivity contribution in [3.63, 3.8) is 0 Å². The number of hydrogen-bond donors (Lipinski definition) is 2. The van der Waals surface area contributed by atoms with Crippen molar-refractivity contribution in [2.75, 3.05) is 19.8 Å². The third-order valence-corrected chi connectivity index (χ3v) is 2.39. The fourth-order valence-electron chi connectivity index (χ4n) is 1.35. The van der Waals surface area contributed by atoms with Crippen LogP contribution in [0.3, 0.4) is 0 Å². The Labute approximate surface area is 129 Å². The van der Waals surface area contributed by atoms with Gasteiger partial charge >= 0.3 is 12.0 Å². The second-order valence-electron chi connectivity index (χ2n) is 4.91. The van der Waals surface area contributed by atoms with Crippen molar-refractivity contribution in [2.24, 2.45) is 5.92 Å². The van der Waals surface area contributed by atoms with Gasteiger partial charge in [-0.15, -0.1) is 0 Å². The molecule has 7 heteroatoms. The molecular formula is C15H20N2O5. The van der Waals surface area contributed by atoms with Crippen LogP contribution in [0.4, 0.5) is 4.79 Å². The molecule has 3 amide bonds. The minimum atomic E-state index is -0.700. The van der Waals surface area contributed by atoms with Gasteiger partial charge in [-0.25, -0.2) is 9.59 Å². The van der Waals surface area contributed by atoms with Gasteiger partial charge in [-0.2, -0.15) is 0 Å². The Balaban J connectivity index is 2.17. The van der Waals surface area contributed by atoms with Gasteiger partial charge in [0.15, 0.2) is 13.2 Å². The van der Waals surface area contributed by atoms with Gasteiger partial charge in [0, 0.05) is 6.54 Å². The first kappa shape index (κ1) is 17.5. The number of carbonyl (C=O) groups excluding carboxylic acids is 3. The van der Waals surface area contributed by atoms with Crippen LogP contribution < -0.4 is 15.4 Å². The average Bonchev–Trinajstić information content (AvgIpc) is 2.50. The molecule has 0 heterocycles. The smallest absolute Gasteiger partial charge is 0.344 e. The van der Waals surface area contributed by atoms with Crippen LogP contribution in [0.5, 0.6) is 5.75 Å². The number of amides is 3. The molecule has 1 rings (SSSR count). The number of hydrogen-bond acceptors (Lipinski definition) is 5. The Morgan fingerprint density at radius 2 is 1.77 bits per heavy atom. The van der Waals surface area contributed by atoms with E-state index in [2.05, 4.69) is 10.6 Å². The van der Waals surface area contributed by atoms with Gasteiger partial charge in [0.1, 0.15) is 5.75 Å². The van der Waals surface area contributed by atoms with Crippen LogP contribution in [-0.4, -0.2) is 37.7 Å². The maximum atomic E-state index is 11.4. The molecule has 0 saturated heterocycles. The summed E-state index contributed by atoms with van der Waals surface area (Å²) in [4.78, 5) is 34.1. The van der Waals surface area contributed by atoms with E-state index in [1.54, 1.807) is 24.3 Å². The second-order valence-corrected chi connectivity index (χ2v) is 4.91. The number of para-hydroxylation sites is 1. The van der Waals surface area contributed by atoms with Crippen LogP contribution in [0, 0.1) is 5.92 Å². The maximum Gasteiger partial charge on any atom is 0.344 e. The fourth-order valence-corrected chi connectivity index (χ4v) is 1.35. The summed E-state index contributed by atoms with van der Waals surface area (Å²) in [6.45, 7) is 3.46. The van der Waals surface area contributed by atoms with Crippen molar-refractivity contribution < 1.29 is 23.9 Å². The molecule has 0 unspecified atom stereocenters. The van der Waals surface area contributed by atoms with E-state index >= 15 is 0 Å². The Morgan fingerprint density at radius 3 is 2.41 bits per heavy atom. The number of benzene rings is 1. The zero-order chi connectivity index (χ0) is 16.4. The molecule has 0 aliphatic heterocycles. The summed E-state index contributed by atoms with van der Waals surface area (Å²) in [7, 11) is 0. The summed E-state index contributed by atoms with van der Waals surface area (Å²) < 4.78 is 9.86. The highest BCUT2D eigenvalue weighted by Gasteiger charge is 2.11. The van der Waals surface area contributed by atoms with Crippen molar-refractivity contribution in [3.05, 3.63) is 30.3 Å². The number of rotatable bonds is 7. The lowest BCUT2D eigenvalue weighted by molar-refractivity contribution is -0.150. The molecule has 0 spiro atoms. The van der Waals surface area contributed by atoms with E-state index in [0.717, 1.165) is 0 Å². The van der Waals surface area contributed by atoms with E-state index in [0.29, 0.717) is 12.3 Å². The van der Waals surface area contributed by atoms with E-state index in [9.17, 15) is 14.4 Å². The van der Waals surface area contributed by atoms with Crippen molar-refractivity contribution in [1.82, 2.24) is 10.6 Å². The molecule has 0 saturated carbocycles. The van der Waals surface area contributed by atoms with Crippen LogP contribution in [-0.2, 0) is 14.3 Å². The zero-order valence-corrected chi connectivity index (χ0v) is 12.6. The lowest BCUT2D eigenvalue weighted by atomic mass is 10.2. The summed E-state index contributed by atoms with van der Waals surface area (Å²) in [6, 6.07) is 8.13. The van der Waals surface area contributed by atoms with Crippen molar-refractivity contribution in [3.8, 4) is 5.75 Å².